The number of aliphatic hydroxyl groups is 2. The van der Waals surface area contributed by atoms with Crippen molar-refractivity contribution < 1.29 is 15.0 Å². The van der Waals surface area contributed by atoms with Crippen molar-refractivity contribution in [2.45, 2.75) is 91.1 Å². The molecule has 0 radical (unpaired) electrons. The van der Waals surface area contributed by atoms with Crippen LogP contribution >= 0.6 is 11.3 Å². The first-order valence-corrected chi connectivity index (χ1v) is 13.8. The van der Waals surface area contributed by atoms with Crippen molar-refractivity contribution in [2.75, 3.05) is 31.6 Å². The lowest BCUT2D eigenvalue weighted by Gasteiger charge is -2.58. The molecule has 5 atom stereocenters. The molecule has 1 aromatic heterocycles. The molecule has 0 bridgehead atoms. The van der Waals surface area contributed by atoms with Gasteiger partial charge < -0.3 is 20.4 Å². The molecule has 0 aromatic carbocycles. The molecule has 1 aliphatic heterocycles. The van der Waals surface area contributed by atoms with Crippen LogP contribution in [0.2, 0.25) is 0 Å². The van der Waals surface area contributed by atoms with Crippen LogP contribution in [-0.4, -0.2) is 58.3 Å². The Kier molecular flexibility index (Phi) is 7.42. The van der Waals surface area contributed by atoms with Gasteiger partial charge in [0.15, 0.2) is 5.13 Å². The first kappa shape index (κ1) is 24.9. The molecule has 2 aliphatic carbocycles. The molecule has 3 aliphatic rings. The highest BCUT2D eigenvalue weighted by molar-refractivity contribution is 7.15. The second kappa shape index (κ2) is 9.82. The number of carbonyl (C=O) groups is 1. The first-order chi connectivity index (χ1) is 15.7. The van der Waals surface area contributed by atoms with Gasteiger partial charge in [-0.3, -0.25) is 4.79 Å². The summed E-state index contributed by atoms with van der Waals surface area (Å²) in [5.41, 5.74) is 0.358. The molecule has 1 saturated heterocycles. The largest absolute Gasteiger partial charge is 0.396 e. The average Bonchev–Trinajstić information content (AvgIpc) is 3.21. The zero-order chi connectivity index (χ0) is 23.8. The summed E-state index contributed by atoms with van der Waals surface area (Å²) in [5, 5.41) is 25.8. The number of unbranched alkanes of at least 4 members (excludes halogenated alkanes) is 1. The molecule has 7 heteroatoms. The van der Waals surface area contributed by atoms with Crippen LogP contribution < -0.4 is 5.32 Å². The smallest absolute Gasteiger partial charge is 0.223 e. The van der Waals surface area contributed by atoms with Crippen LogP contribution in [0.4, 0.5) is 5.13 Å². The third-order valence-electron chi connectivity index (χ3n) is 9.22. The number of fused-ring (bicyclic) bond motifs is 2. The van der Waals surface area contributed by atoms with E-state index in [1.807, 2.05) is 6.92 Å². The minimum atomic E-state index is -0.563. The van der Waals surface area contributed by atoms with E-state index in [0.29, 0.717) is 18.8 Å². The van der Waals surface area contributed by atoms with E-state index in [1.54, 1.807) is 11.3 Å². The SMILES string of the molecule is CCCCNc1nc2c(s1)CC1C(C)(CO)C(O)CCC1(C)C2CC(=O)N1CCC(C)CC1. The minimum Gasteiger partial charge on any atom is -0.396 e. The fourth-order valence-corrected chi connectivity index (χ4v) is 7.75. The molecule has 2 heterocycles. The number of nitrogens with zero attached hydrogens (tertiary/aromatic N) is 2. The molecular weight excluding hydrogens is 434 g/mol. The first-order valence-electron chi connectivity index (χ1n) is 13.0. The highest BCUT2D eigenvalue weighted by atomic mass is 32.1. The van der Waals surface area contributed by atoms with Crippen LogP contribution in [0.3, 0.4) is 0 Å². The van der Waals surface area contributed by atoms with E-state index in [2.05, 4.69) is 31.0 Å². The molecule has 0 spiro atoms. The fraction of sp³-hybridized carbons (Fsp3) is 0.846. The molecule has 33 heavy (non-hydrogen) atoms. The maximum absolute atomic E-state index is 13.5. The number of nitrogens with one attached hydrogen (secondary N) is 1. The molecule has 1 amide bonds. The number of hydrogen-bond donors (Lipinski definition) is 3. The van der Waals surface area contributed by atoms with Gasteiger partial charge in [-0.1, -0.05) is 34.1 Å². The lowest BCUT2D eigenvalue weighted by molar-refractivity contribution is -0.147. The van der Waals surface area contributed by atoms with Crippen molar-refractivity contribution in [3.05, 3.63) is 10.6 Å². The maximum atomic E-state index is 13.5. The van der Waals surface area contributed by atoms with Gasteiger partial charge in [-0.05, 0) is 55.8 Å². The molecule has 1 aromatic rings. The second-order valence-corrected chi connectivity index (χ2v) is 12.5. The Bertz CT molecular complexity index is 837. The van der Waals surface area contributed by atoms with Crippen molar-refractivity contribution in [3.8, 4) is 0 Å². The van der Waals surface area contributed by atoms with E-state index in [-0.39, 0.29) is 29.8 Å². The van der Waals surface area contributed by atoms with E-state index in [4.69, 9.17) is 4.98 Å². The lowest BCUT2D eigenvalue weighted by atomic mass is 9.47. The number of aliphatic hydroxyl groups excluding tert-OH is 2. The van der Waals surface area contributed by atoms with Gasteiger partial charge in [-0.15, -0.1) is 11.3 Å². The summed E-state index contributed by atoms with van der Waals surface area (Å²) in [5.74, 6) is 1.08. The molecule has 2 fully saturated rings. The van der Waals surface area contributed by atoms with Gasteiger partial charge in [0.2, 0.25) is 5.91 Å². The average molecular weight is 478 g/mol. The lowest BCUT2D eigenvalue weighted by Crippen LogP contribution is -2.57. The molecule has 4 rings (SSSR count). The number of rotatable bonds is 7. The molecule has 186 valence electrons. The standard InChI is InChI=1S/C26H43N3O3S/c1-5-6-11-27-24-28-23-18(14-22(32)29-12-8-17(2)9-13-29)25(3)10-7-21(31)26(4,16-30)20(25)15-19(23)33-24/h17-18,20-21,30-31H,5-16H2,1-4H3,(H,27,28). The third kappa shape index (κ3) is 4.57. The van der Waals surface area contributed by atoms with Crippen LogP contribution in [0.5, 0.6) is 0 Å². The van der Waals surface area contributed by atoms with E-state index < -0.39 is 11.5 Å². The summed E-state index contributed by atoms with van der Waals surface area (Å²) < 4.78 is 0. The summed E-state index contributed by atoms with van der Waals surface area (Å²) in [7, 11) is 0. The Morgan fingerprint density at radius 1 is 1.27 bits per heavy atom. The number of anilines is 1. The number of likely N-dealkylation sites (tertiary alicyclic amines) is 1. The number of hydrogen-bond acceptors (Lipinski definition) is 6. The maximum Gasteiger partial charge on any atom is 0.223 e. The van der Waals surface area contributed by atoms with Gasteiger partial charge in [0, 0.05) is 42.3 Å². The summed E-state index contributed by atoms with van der Waals surface area (Å²) in [6, 6.07) is 0. The van der Waals surface area contributed by atoms with E-state index >= 15 is 0 Å². The zero-order valence-corrected chi connectivity index (χ0v) is 21.7. The van der Waals surface area contributed by atoms with Gasteiger partial charge in [-0.25, -0.2) is 4.98 Å². The normalized spacial score (nSPS) is 34.6. The second-order valence-electron chi connectivity index (χ2n) is 11.4. The molecule has 5 unspecified atom stereocenters. The fourth-order valence-electron chi connectivity index (χ4n) is 6.66. The van der Waals surface area contributed by atoms with Gasteiger partial charge in [0.1, 0.15) is 0 Å². The topological polar surface area (TPSA) is 85.7 Å². The predicted molar refractivity (Wildman–Crippen MR) is 134 cm³/mol. The Balaban J connectivity index is 1.66. The Hall–Kier alpha value is -1.18. The van der Waals surface area contributed by atoms with Gasteiger partial charge in [0.05, 0.1) is 18.4 Å². The Labute approximate surface area is 203 Å². The van der Waals surface area contributed by atoms with E-state index in [1.165, 1.54) is 4.88 Å². The van der Waals surface area contributed by atoms with Crippen molar-refractivity contribution in [1.82, 2.24) is 9.88 Å². The quantitative estimate of drug-likeness (QED) is 0.506. The van der Waals surface area contributed by atoms with Gasteiger partial charge >= 0.3 is 0 Å². The van der Waals surface area contributed by atoms with E-state index in [0.717, 1.165) is 69.0 Å². The number of aromatic nitrogens is 1. The highest BCUT2D eigenvalue weighted by Crippen LogP contribution is 2.63. The highest BCUT2D eigenvalue weighted by Gasteiger charge is 2.59. The number of piperidine rings is 1. The Morgan fingerprint density at radius 3 is 2.67 bits per heavy atom. The van der Waals surface area contributed by atoms with Crippen LogP contribution in [0.1, 0.15) is 89.1 Å². The number of amides is 1. The molecule has 6 nitrogen and oxygen atoms in total. The van der Waals surface area contributed by atoms with Gasteiger partial charge in [-0.2, -0.15) is 0 Å². The monoisotopic (exact) mass is 477 g/mol. The van der Waals surface area contributed by atoms with Crippen molar-refractivity contribution in [1.29, 1.82) is 0 Å². The van der Waals surface area contributed by atoms with Crippen LogP contribution in [-0.2, 0) is 11.2 Å². The minimum absolute atomic E-state index is 0.0226. The Morgan fingerprint density at radius 2 is 2.00 bits per heavy atom. The van der Waals surface area contributed by atoms with Crippen molar-refractivity contribution >= 4 is 22.4 Å². The van der Waals surface area contributed by atoms with Crippen molar-refractivity contribution in [2.24, 2.45) is 22.7 Å². The van der Waals surface area contributed by atoms with Crippen molar-refractivity contribution in [3.63, 3.8) is 0 Å². The van der Waals surface area contributed by atoms with Crippen LogP contribution in [0.15, 0.2) is 0 Å². The zero-order valence-electron chi connectivity index (χ0n) is 20.9. The summed E-state index contributed by atoms with van der Waals surface area (Å²) in [6.45, 7) is 11.4. The summed E-state index contributed by atoms with van der Waals surface area (Å²) >= 11 is 1.71. The molecular formula is C26H43N3O3S. The van der Waals surface area contributed by atoms with Crippen LogP contribution in [0, 0.1) is 22.7 Å². The predicted octanol–water partition coefficient (Wildman–Crippen LogP) is 4.42. The summed E-state index contributed by atoms with van der Waals surface area (Å²) in [6.07, 6.45) is 6.71. The molecule has 3 N–H and O–H groups in total. The summed E-state index contributed by atoms with van der Waals surface area (Å²) in [4.78, 5) is 21.8. The van der Waals surface area contributed by atoms with Gasteiger partial charge in [0.25, 0.3) is 0 Å². The molecule has 1 saturated carbocycles. The number of carbonyl (C=O) groups excluding carboxylic acids is 1. The van der Waals surface area contributed by atoms with Crippen LogP contribution in [0.25, 0.3) is 0 Å². The number of thiazole rings is 1. The van der Waals surface area contributed by atoms with E-state index in [9.17, 15) is 15.0 Å². The third-order valence-corrected chi connectivity index (χ3v) is 10.3.